The van der Waals surface area contributed by atoms with Crippen molar-refractivity contribution in [2.75, 3.05) is 6.61 Å². The molecule has 3 aromatic carbocycles. The molecular weight excluding hydrogens is 362 g/mol. The highest BCUT2D eigenvalue weighted by Gasteiger charge is 2.10. The second kappa shape index (κ2) is 8.61. The van der Waals surface area contributed by atoms with E-state index in [4.69, 9.17) is 4.74 Å². The third-order valence-electron chi connectivity index (χ3n) is 4.84. The minimum atomic E-state index is -0.117. The third-order valence-corrected chi connectivity index (χ3v) is 4.84. The van der Waals surface area contributed by atoms with Gasteiger partial charge < -0.3 is 9.30 Å². The van der Waals surface area contributed by atoms with E-state index >= 15 is 0 Å². The summed E-state index contributed by atoms with van der Waals surface area (Å²) in [5, 5.41) is 6.48. The zero-order valence-corrected chi connectivity index (χ0v) is 16.3. The second-order valence-electron chi connectivity index (χ2n) is 6.73. The number of para-hydroxylation sites is 2. The molecule has 0 unspecified atom stereocenters. The van der Waals surface area contributed by atoms with E-state index < -0.39 is 0 Å². The Balaban J connectivity index is 1.41. The monoisotopic (exact) mass is 385 g/mol. The molecule has 5 heteroatoms. The van der Waals surface area contributed by atoms with Crippen LogP contribution in [0.1, 0.15) is 18.9 Å². The van der Waals surface area contributed by atoms with Gasteiger partial charge in [0.05, 0.1) is 12.8 Å². The van der Waals surface area contributed by atoms with Crippen molar-refractivity contribution in [3.8, 4) is 5.75 Å². The van der Waals surface area contributed by atoms with Gasteiger partial charge in [-0.15, -0.1) is 0 Å². The number of fused-ring (bicyclic) bond motifs is 3. The molecule has 0 saturated carbocycles. The van der Waals surface area contributed by atoms with Crippen molar-refractivity contribution in [2.45, 2.75) is 19.9 Å². The Bertz CT molecular complexity index is 1110. The van der Waals surface area contributed by atoms with Gasteiger partial charge in [-0.3, -0.25) is 4.79 Å². The van der Waals surface area contributed by atoms with Gasteiger partial charge in [0, 0.05) is 34.8 Å². The number of benzene rings is 3. The number of hydrazone groups is 1. The summed E-state index contributed by atoms with van der Waals surface area (Å²) in [5.41, 5.74) is 5.79. The average molecular weight is 385 g/mol. The summed E-state index contributed by atoms with van der Waals surface area (Å²) in [6.07, 6.45) is 1.98. The molecule has 0 aliphatic rings. The molecular formula is C24H23N3O2. The maximum atomic E-state index is 12.3. The fraction of sp³-hybridized carbons (Fsp3) is 0.167. The molecule has 0 fully saturated rings. The lowest BCUT2D eigenvalue weighted by Gasteiger charge is -2.06. The molecule has 1 aromatic heterocycles. The average Bonchev–Trinajstić information content (AvgIpc) is 3.08. The largest absolute Gasteiger partial charge is 0.494 e. The predicted octanol–water partition coefficient (Wildman–Crippen LogP) is 4.73. The lowest BCUT2D eigenvalue weighted by molar-refractivity contribution is -0.121. The summed E-state index contributed by atoms with van der Waals surface area (Å²) in [6, 6.07) is 24.1. The normalized spacial score (nSPS) is 11.3. The molecule has 0 spiro atoms. The van der Waals surface area contributed by atoms with E-state index in [-0.39, 0.29) is 5.91 Å². The van der Waals surface area contributed by atoms with Crippen LogP contribution in [0.15, 0.2) is 77.9 Å². The number of hydrogen-bond donors (Lipinski definition) is 1. The highest BCUT2D eigenvalue weighted by atomic mass is 16.5. The van der Waals surface area contributed by atoms with Gasteiger partial charge >= 0.3 is 0 Å². The van der Waals surface area contributed by atoms with E-state index in [0.717, 1.165) is 22.3 Å². The van der Waals surface area contributed by atoms with Crippen LogP contribution in [-0.4, -0.2) is 23.3 Å². The number of aromatic nitrogens is 1. The Morgan fingerprint density at radius 1 is 0.966 bits per heavy atom. The van der Waals surface area contributed by atoms with Crippen LogP contribution in [-0.2, 0) is 11.3 Å². The molecule has 0 aliphatic heterocycles. The van der Waals surface area contributed by atoms with Crippen molar-refractivity contribution in [1.82, 2.24) is 9.99 Å². The molecule has 0 bridgehead atoms. The highest BCUT2D eigenvalue weighted by Crippen LogP contribution is 2.28. The minimum Gasteiger partial charge on any atom is -0.494 e. The van der Waals surface area contributed by atoms with Crippen LogP contribution in [0.4, 0.5) is 0 Å². The van der Waals surface area contributed by atoms with Gasteiger partial charge in [-0.25, -0.2) is 5.43 Å². The van der Waals surface area contributed by atoms with E-state index in [1.165, 1.54) is 10.8 Å². The maximum absolute atomic E-state index is 12.3. The lowest BCUT2D eigenvalue weighted by atomic mass is 10.2. The van der Waals surface area contributed by atoms with Crippen LogP contribution in [0.25, 0.3) is 21.8 Å². The van der Waals surface area contributed by atoms with Crippen LogP contribution in [0.3, 0.4) is 0 Å². The number of carbonyl (C=O) groups is 1. The minimum absolute atomic E-state index is 0.117. The van der Waals surface area contributed by atoms with Gasteiger partial charge in [0.1, 0.15) is 5.75 Å². The number of amides is 1. The molecule has 1 heterocycles. The summed E-state index contributed by atoms with van der Waals surface area (Å²) >= 11 is 0. The van der Waals surface area contributed by atoms with Crippen LogP contribution in [0.2, 0.25) is 0 Å². The first-order valence-corrected chi connectivity index (χ1v) is 9.77. The second-order valence-corrected chi connectivity index (χ2v) is 6.73. The van der Waals surface area contributed by atoms with Gasteiger partial charge in [0.15, 0.2) is 0 Å². The predicted molar refractivity (Wildman–Crippen MR) is 117 cm³/mol. The summed E-state index contributed by atoms with van der Waals surface area (Å²) in [7, 11) is 0. The van der Waals surface area contributed by atoms with Crippen LogP contribution in [0.5, 0.6) is 5.75 Å². The number of ether oxygens (including phenoxy) is 1. The van der Waals surface area contributed by atoms with Crippen LogP contribution in [0, 0.1) is 0 Å². The molecule has 0 atom stereocenters. The molecule has 146 valence electrons. The zero-order chi connectivity index (χ0) is 20.1. The number of rotatable bonds is 7. The van der Waals surface area contributed by atoms with Crippen molar-refractivity contribution in [3.05, 3.63) is 78.4 Å². The molecule has 29 heavy (non-hydrogen) atoms. The highest BCUT2D eigenvalue weighted by molar-refractivity contribution is 6.08. The van der Waals surface area contributed by atoms with Crippen molar-refractivity contribution in [1.29, 1.82) is 0 Å². The quantitative estimate of drug-likeness (QED) is 0.369. The molecule has 0 aliphatic carbocycles. The number of carbonyl (C=O) groups excluding carboxylic acids is 1. The molecule has 4 rings (SSSR count). The number of nitrogens with one attached hydrogen (secondary N) is 1. The standard InChI is InChI=1S/C24H23N3O2/c1-2-29-19-13-11-18(12-14-19)17-25-26-24(28)15-16-27-22-9-5-3-7-20(22)21-8-4-6-10-23(21)27/h3-14,17H,2,15-16H2,1H3,(H,26,28)/b25-17-. The van der Waals surface area contributed by atoms with E-state index in [1.807, 2.05) is 55.5 Å². The summed E-state index contributed by atoms with van der Waals surface area (Å²) < 4.78 is 7.61. The smallest absolute Gasteiger partial charge is 0.241 e. The zero-order valence-electron chi connectivity index (χ0n) is 16.3. The van der Waals surface area contributed by atoms with E-state index in [9.17, 15) is 4.79 Å². The van der Waals surface area contributed by atoms with Gasteiger partial charge in [-0.05, 0) is 48.9 Å². The topological polar surface area (TPSA) is 55.6 Å². The number of aryl methyl sites for hydroxylation is 1. The molecule has 0 radical (unpaired) electrons. The summed E-state index contributed by atoms with van der Waals surface area (Å²) in [5.74, 6) is 0.703. The number of nitrogens with zero attached hydrogens (tertiary/aromatic N) is 2. The Morgan fingerprint density at radius 2 is 1.59 bits per heavy atom. The van der Waals surface area contributed by atoms with E-state index in [2.05, 4.69) is 39.4 Å². The van der Waals surface area contributed by atoms with Crippen molar-refractivity contribution >= 4 is 33.9 Å². The summed E-state index contributed by atoms with van der Waals surface area (Å²) in [6.45, 7) is 3.18. The first-order valence-electron chi connectivity index (χ1n) is 9.77. The van der Waals surface area contributed by atoms with Gasteiger partial charge in [0.25, 0.3) is 0 Å². The SMILES string of the molecule is CCOc1ccc(/C=N\NC(=O)CCn2c3ccccc3c3ccccc32)cc1. The Hall–Kier alpha value is -3.60. The molecule has 1 N–H and O–H groups in total. The first-order chi connectivity index (χ1) is 14.3. The summed E-state index contributed by atoms with van der Waals surface area (Å²) in [4.78, 5) is 12.3. The maximum Gasteiger partial charge on any atom is 0.241 e. The third kappa shape index (κ3) is 4.14. The van der Waals surface area contributed by atoms with Crippen molar-refractivity contribution in [3.63, 3.8) is 0 Å². The van der Waals surface area contributed by atoms with Crippen molar-refractivity contribution in [2.24, 2.45) is 5.10 Å². The molecule has 5 nitrogen and oxygen atoms in total. The fourth-order valence-electron chi connectivity index (χ4n) is 3.51. The van der Waals surface area contributed by atoms with Gasteiger partial charge in [-0.2, -0.15) is 5.10 Å². The van der Waals surface area contributed by atoms with E-state index in [1.54, 1.807) is 6.21 Å². The fourth-order valence-corrected chi connectivity index (χ4v) is 3.51. The van der Waals surface area contributed by atoms with E-state index in [0.29, 0.717) is 19.6 Å². The van der Waals surface area contributed by atoms with Crippen molar-refractivity contribution < 1.29 is 9.53 Å². The first kappa shape index (κ1) is 18.7. The van der Waals surface area contributed by atoms with Crippen LogP contribution >= 0.6 is 0 Å². The van der Waals surface area contributed by atoms with Gasteiger partial charge in [-0.1, -0.05) is 36.4 Å². The molecule has 4 aromatic rings. The molecule has 1 amide bonds. The lowest BCUT2D eigenvalue weighted by Crippen LogP contribution is -2.19. The Kier molecular flexibility index (Phi) is 5.56. The number of hydrogen-bond acceptors (Lipinski definition) is 3. The Labute approximate surface area is 169 Å². The van der Waals surface area contributed by atoms with Crippen LogP contribution < -0.4 is 10.2 Å². The Morgan fingerprint density at radius 3 is 2.21 bits per heavy atom. The van der Waals surface area contributed by atoms with Gasteiger partial charge in [0.2, 0.25) is 5.91 Å². The molecule has 0 saturated heterocycles.